The summed E-state index contributed by atoms with van der Waals surface area (Å²) in [6.45, 7) is 4.75. The number of oxime groups is 1. The highest BCUT2D eigenvalue weighted by molar-refractivity contribution is 8.00. The van der Waals surface area contributed by atoms with Crippen LogP contribution in [0.5, 0.6) is 0 Å². The number of hydrogen-bond acceptors (Lipinski definition) is 11. The molecule has 2 aliphatic rings. The monoisotopic (exact) mass is 570 g/mol. The summed E-state index contributed by atoms with van der Waals surface area (Å²) in [7, 11) is 0. The molecule has 1 saturated heterocycles. The Labute approximate surface area is 233 Å². The van der Waals surface area contributed by atoms with E-state index in [0.717, 1.165) is 0 Å². The van der Waals surface area contributed by atoms with Crippen molar-refractivity contribution in [2.75, 3.05) is 18.1 Å². The Morgan fingerprint density at radius 3 is 2.65 bits per heavy atom. The molecule has 2 amide bonds. The summed E-state index contributed by atoms with van der Waals surface area (Å²) in [6, 6.07) is 5.84. The third kappa shape index (κ3) is 6.54. The number of carboxylic acid groups (broad SMARTS) is 1. The van der Waals surface area contributed by atoms with Crippen LogP contribution in [0.2, 0.25) is 0 Å². The second-order valence-electron chi connectivity index (χ2n) is 9.77. The van der Waals surface area contributed by atoms with Crippen LogP contribution in [-0.2, 0) is 35.3 Å². The van der Waals surface area contributed by atoms with E-state index >= 15 is 0 Å². The van der Waals surface area contributed by atoms with Gasteiger partial charge in [0.15, 0.2) is 24.8 Å². The van der Waals surface area contributed by atoms with E-state index < -0.39 is 53.1 Å². The predicted octanol–water partition coefficient (Wildman–Crippen LogP) is -0.152. The number of esters is 1. The minimum Gasteiger partial charge on any atom is -0.477 e. The number of anilines is 1. The molecule has 4 rings (SSSR count). The van der Waals surface area contributed by atoms with Crippen molar-refractivity contribution < 1.29 is 38.4 Å². The topological polar surface area (TPSA) is 190 Å². The van der Waals surface area contributed by atoms with Gasteiger partial charge in [-0.25, -0.2) is 24.1 Å². The van der Waals surface area contributed by atoms with E-state index in [1.165, 1.54) is 28.9 Å². The van der Waals surface area contributed by atoms with E-state index in [4.69, 9.17) is 15.3 Å². The van der Waals surface area contributed by atoms with Gasteiger partial charge < -0.3 is 25.7 Å². The molecule has 40 heavy (non-hydrogen) atoms. The Hall–Kier alpha value is -4.53. The summed E-state index contributed by atoms with van der Waals surface area (Å²) in [6.07, 6.45) is 4.90. The number of carbonyl (C=O) groups is 4. The average molecular weight is 571 g/mol. The molecule has 15 heteroatoms. The maximum Gasteiger partial charge on any atom is 0.352 e. The van der Waals surface area contributed by atoms with Crippen LogP contribution >= 0.6 is 11.8 Å². The predicted molar refractivity (Wildman–Crippen MR) is 141 cm³/mol. The van der Waals surface area contributed by atoms with Crippen molar-refractivity contribution in [1.29, 1.82) is 0 Å². The minimum atomic E-state index is -1.24. The van der Waals surface area contributed by atoms with E-state index in [-0.39, 0.29) is 17.3 Å². The smallest absolute Gasteiger partial charge is 0.352 e. The number of aliphatic carboxylic acids is 1. The lowest BCUT2D eigenvalue weighted by molar-refractivity contribution is -0.689. The Kier molecular flexibility index (Phi) is 8.32. The fourth-order valence-corrected chi connectivity index (χ4v) is 5.30. The van der Waals surface area contributed by atoms with Gasteiger partial charge in [-0.2, -0.15) is 0 Å². The number of pyridine rings is 1. The van der Waals surface area contributed by atoms with Crippen molar-refractivity contribution in [2.24, 2.45) is 5.16 Å². The first-order valence-corrected chi connectivity index (χ1v) is 13.1. The zero-order valence-electron chi connectivity index (χ0n) is 21.9. The first kappa shape index (κ1) is 28.5. The molecular weight excluding hydrogens is 542 g/mol. The molecule has 4 heterocycles. The highest BCUT2D eigenvalue weighted by Crippen LogP contribution is 2.40. The van der Waals surface area contributed by atoms with Gasteiger partial charge in [-0.3, -0.25) is 14.5 Å². The van der Waals surface area contributed by atoms with E-state index in [9.17, 15) is 24.3 Å². The van der Waals surface area contributed by atoms with Gasteiger partial charge in [0.2, 0.25) is 12.3 Å². The number of aromatic nitrogens is 3. The van der Waals surface area contributed by atoms with Gasteiger partial charge in [-0.05, 0) is 26.8 Å². The van der Waals surface area contributed by atoms with Crippen LogP contribution in [0, 0.1) is 0 Å². The van der Waals surface area contributed by atoms with Gasteiger partial charge in [-0.15, -0.1) is 11.8 Å². The molecule has 14 nitrogen and oxygen atoms in total. The number of hydrogen-bond donors (Lipinski definition) is 3. The molecule has 2 aromatic heterocycles. The molecule has 1 fully saturated rings. The van der Waals surface area contributed by atoms with Crippen LogP contribution < -0.4 is 15.6 Å². The summed E-state index contributed by atoms with van der Waals surface area (Å²) in [5.74, 6) is -3.24. The van der Waals surface area contributed by atoms with Crippen molar-refractivity contribution in [1.82, 2.24) is 20.2 Å². The maximum absolute atomic E-state index is 13.2. The van der Waals surface area contributed by atoms with Gasteiger partial charge in [0.05, 0.1) is 0 Å². The first-order valence-electron chi connectivity index (χ1n) is 12.1. The molecule has 4 N–H and O–H groups in total. The quantitative estimate of drug-likeness (QED) is 0.119. The van der Waals surface area contributed by atoms with E-state index in [0.29, 0.717) is 17.9 Å². The molecule has 2 aromatic rings. The second kappa shape index (κ2) is 11.7. The number of carboxylic acids is 1. The SMILES string of the molecule is CC(C)(C)OC(=O)CO/N=C(\C(=O)NC1C(=O)N2C(C(=O)O)=C(C[n+]3ccccc3)CS[C@H]12)c1nccc(N)n1. The van der Waals surface area contributed by atoms with Crippen LogP contribution in [0.1, 0.15) is 26.6 Å². The van der Waals surface area contributed by atoms with Gasteiger partial charge in [0, 0.05) is 29.7 Å². The van der Waals surface area contributed by atoms with Gasteiger partial charge >= 0.3 is 11.9 Å². The first-order chi connectivity index (χ1) is 18.9. The Morgan fingerprint density at radius 1 is 1.27 bits per heavy atom. The molecule has 210 valence electrons. The number of nitrogens with two attached hydrogens (primary N) is 1. The molecule has 0 aromatic carbocycles. The van der Waals surface area contributed by atoms with Crippen molar-refractivity contribution in [3.8, 4) is 0 Å². The Bertz CT molecular complexity index is 1390. The summed E-state index contributed by atoms with van der Waals surface area (Å²) < 4.78 is 6.97. The average Bonchev–Trinajstić information content (AvgIpc) is 2.88. The highest BCUT2D eigenvalue weighted by atomic mass is 32.2. The zero-order chi connectivity index (χ0) is 29.0. The standard InChI is InChI=1S/C25H27N7O7S/c1-25(2,3)39-16(33)12-38-30-17(20-27-8-7-15(26)28-20)21(34)29-18-22(35)32-19(24(36)37)14(13-40-23(18)32)11-31-9-5-4-6-10-31/h4-10,18,23H,11-13H2,1-3H3,(H3-,26,27,28,29,34,36,37)/p+1/b30-17-/t18?,23-/m1/s1. The number of thioether (sulfide) groups is 1. The van der Waals surface area contributed by atoms with Crippen LogP contribution in [0.3, 0.4) is 0 Å². The number of carbonyl (C=O) groups excluding carboxylic acids is 3. The minimum absolute atomic E-state index is 0.0476. The van der Waals surface area contributed by atoms with E-state index in [1.807, 2.05) is 22.8 Å². The maximum atomic E-state index is 13.2. The summed E-state index contributed by atoms with van der Waals surface area (Å²) in [4.78, 5) is 64.7. The summed E-state index contributed by atoms with van der Waals surface area (Å²) in [5, 5.41) is 15.6. The molecule has 2 atom stereocenters. The lowest BCUT2D eigenvalue weighted by Crippen LogP contribution is -2.71. The lowest BCUT2D eigenvalue weighted by atomic mass is 10.0. The number of nitrogens with zero attached hydrogens (tertiary/aromatic N) is 5. The molecule has 0 aliphatic carbocycles. The number of β-lactam (4-membered cyclic amide) rings is 1. The lowest BCUT2D eigenvalue weighted by Gasteiger charge is -2.49. The number of amides is 2. The molecule has 1 unspecified atom stereocenters. The summed E-state index contributed by atoms with van der Waals surface area (Å²) >= 11 is 1.32. The molecule has 0 bridgehead atoms. The fraction of sp³-hybridized carbons (Fsp3) is 0.360. The number of nitrogen functional groups attached to an aromatic ring is 1. The third-order valence-electron chi connectivity index (χ3n) is 5.55. The fourth-order valence-electron chi connectivity index (χ4n) is 3.97. The zero-order valence-corrected chi connectivity index (χ0v) is 22.8. The summed E-state index contributed by atoms with van der Waals surface area (Å²) in [5.41, 5.74) is 5.00. The van der Waals surface area contributed by atoms with Crippen molar-refractivity contribution in [2.45, 2.75) is 44.3 Å². The van der Waals surface area contributed by atoms with Gasteiger partial charge in [-0.1, -0.05) is 11.2 Å². The van der Waals surface area contributed by atoms with Gasteiger partial charge in [0.1, 0.15) is 28.5 Å². The molecule has 0 spiro atoms. The molecule has 2 aliphatic heterocycles. The number of ether oxygens (including phenoxy) is 1. The normalized spacial score (nSPS) is 18.9. The molecular formula is C25H28N7O7S+. The Balaban J connectivity index is 1.51. The van der Waals surface area contributed by atoms with Crippen LogP contribution in [-0.4, -0.2) is 78.8 Å². The van der Waals surface area contributed by atoms with Crippen LogP contribution in [0.25, 0.3) is 0 Å². The van der Waals surface area contributed by atoms with Crippen molar-refractivity contribution in [3.63, 3.8) is 0 Å². The van der Waals surface area contributed by atoms with Crippen molar-refractivity contribution in [3.05, 3.63) is 60.0 Å². The van der Waals surface area contributed by atoms with E-state index in [2.05, 4.69) is 20.4 Å². The van der Waals surface area contributed by atoms with Crippen LogP contribution in [0.15, 0.2) is 59.3 Å². The number of rotatable bonds is 9. The van der Waals surface area contributed by atoms with E-state index in [1.54, 1.807) is 33.2 Å². The second-order valence-corrected chi connectivity index (χ2v) is 10.9. The molecule has 0 saturated carbocycles. The number of fused-ring (bicyclic) bond motifs is 1. The highest BCUT2D eigenvalue weighted by Gasteiger charge is 2.54. The largest absolute Gasteiger partial charge is 0.477 e. The van der Waals surface area contributed by atoms with Crippen molar-refractivity contribution >= 4 is 47.0 Å². The van der Waals surface area contributed by atoms with Crippen LogP contribution in [0.4, 0.5) is 5.82 Å². The molecule has 0 radical (unpaired) electrons. The Morgan fingerprint density at radius 2 is 2.00 bits per heavy atom. The number of nitrogens with one attached hydrogen (secondary N) is 1. The third-order valence-corrected chi connectivity index (χ3v) is 6.89. The van der Waals surface area contributed by atoms with Gasteiger partial charge in [0.25, 0.3) is 11.8 Å².